The first-order chi connectivity index (χ1) is 9.83. The van der Waals surface area contributed by atoms with Gasteiger partial charge in [0.25, 0.3) is 0 Å². The lowest BCUT2D eigenvalue weighted by Gasteiger charge is -2.08. The average Bonchev–Trinajstić information content (AvgIpc) is 2.47. The maximum atomic E-state index is 9.96. The van der Waals surface area contributed by atoms with E-state index < -0.39 is 0 Å². The molecule has 1 aromatic carbocycles. The van der Waals surface area contributed by atoms with Gasteiger partial charge in [-0.2, -0.15) is 0 Å². The molecule has 0 atom stereocenters. The number of halogens is 1. The van der Waals surface area contributed by atoms with Crippen molar-refractivity contribution >= 4 is 22.2 Å². The summed E-state index contributed by atoms with van der Waals surface area (Å²) in [7, 11) is 0. The second-order valence-electron chi connectivity index (χ2n) is 3.77. The first-order valence-electron chi connectivity index (χ1n) is 6.38. The summed E-state index contributed by atoms with van der Waals surface area (Å²) in [6.45, 7) is 3.04. The van der Waals surface area contributed by atoms with Crippen LogP contribution in [0.5, 0.6) is 5.75 Å². The highest BCUT2D eigenvalue weighted by atomic mass is 79.9. The Morgan fingerprint density at radius 3 is 2.00 bits per heavy atom. The minimum Gasteiger partial charge on any atom is -0.491 e. The molecule has 0 saturated carbocycles. The van der Waals surface area contributed by atoms with Crippen molar-refractivity contribution in [2.45, 2.75) is 0 Å². The zero-order valence-corrected chi connectivity index (χ0v) is 12.8. The predicted octanol–water partition coefficient (Wildman–Crippen LogP) is 2.08. The minimum absolute atomic E-state index is 0.118. The molecule has 20 heavy (non-hydrogen) atoms. The van der Waals surface area contributed by atoms with Gasteiger partial charge in [-0.05, 0) is 24.3 Å². The first kappa shape index (κ1) is 17.1. The number of rotatable bonds is 12. The van der Waals surface area contributed by atoms with E-state index in [1.165, 1.54) is 0 Å². The van der Waals surface area contributed by atoms with Crippen molar-refractivity contribution in [3.63, 3.8) is 0 Å². The van der Waals surface area contributed by atoms with Crippen molar-refractivity contribution in [1.29, 1.82) is 0 Å². The van der Waals surface area contributed by atoms with E-state index in [1.54, 1.807) is 0 Å². The van der Waals surface area contributed by atoms with Crippen LogP contribution < -0.4 is 4.74 Å². The summed E-state index contributed by atoms with van der Waals surface area (Å²) in [6.07, 6.45) is 0.717. The Hall–Kier alpha value is -0.950. The van der Waals surface area contributed by atoms with Gasteiger partial charge in [0.15, 0.2) is 0 Å². The number of ether oxygens (including phenoxy) is 4. The summed E-state index contributed by atoms with van der Waals surface area (Å²) in [5.41, 5.74) is 0. The summed E-state index contributed by atoms with van der Waals surface area (Å²) < 4.78 is 22.0. The van der Waals surface area contributed by atoms with Crippen LogP contribution in [-0.4, -0.2) is 52.5 Å². The van der Waals surface area contributed by atoms with E-state index in [4.69, 9.17) is 18.9 Å². The molecule has 0 spiro atoms. The van der Waals surface area contributed by atoms with E-state index in [1.807, 2.05) is 24.3 Å². The molecule has 0 aliphatic rings. The number of carbonyl (C=O) groups is 1. The fraction of sp³-hybridized carbons (Fsp3) is 0.500. The van der Waals surface area contributed by atoms with Gasteiger partial charge in [0.2, 0.25) is 0 Å². The van der Waals surface area contributed by atoms with Crippen LogP contribution in [0.15, 0.2) is 28.7 Å². The Morgan fingerprint density at radius 1 is 0.850 bits per heavy atom. The van der Waals surface area contributed by atoms with E-state index in [9.17, 15) is 4.79 Å². The molecular formula is C14H19BrO5. The molecule has 112 valence electrons. The molecule has 5 nitrogen and oxygen atoms in total. The van der Waals surface area contributed by atoms with Crippen molar-refractivity contribution in [3.05, 3.63) is 28.7 Å². The summed E-state index contributed by atoms with van der Waals surface area (Å²) >= 11 is 3.36. The molecule has 6 heteroatoms. The van der Waals surface area contributed by atoms with Crippen LogP contribution in [0.3, 0.4) is 0 Å². The lowest BCUT2D eigenvalue weighted by Crippen LogP contribution is -2.13. The van der Waals surface area contributed by atoms with Crippen molar-refractivity contribution in [1.82, 2.24) is 0 Å². The van der Waals surface area contributed by atoms with Gasteiger partial charge < -0.3 is 23.7 Å². The second kappa shape index (κ2) is 11.8. The molecule has 0 radical (unpaired) electrons. The van der Waals surface area contributed by atoms with Gasteiger partial charge in [-0.25, -0.2) is 0 Å². The van der Waals surface area contributed by atoms with Crippen LogP contribution >= 0.6 is 15.9 Å². The molecule has 0 saturated heterocycles. The van der Waals surface area contributed by atoms with Crippen LogP contribution in [-0.2, 0) is 19.0 Å². The fourth-order valence-electron chi connectivity index (χ4n) is 1.32. The lowest BCUT2D eigenvalue weighted by molar-refractivity contribution is -0.112. The second-order valence-corrected chi connectivity index (χ2v) is 4.68. The minimum atomic E-state index is 0.118. The molecular weight excluding hydrogens is 328 g/mol. The highest BCUT2D eigenvalue weighted by Crippen LogP contribution is 2.15. The smallest absolute Gasteiger partial charge is 0.145 e. The summed E-state index contributed by atoms with van der Waals surface area (Å²) in [6, 6.07) is 7.65. The average molecular weight is 347 g/mol. The fourth-order valence-corrected chi connectivity index (χ4v) is 1.58. The summed E-state index contributed by atoms with van der Waals surface area (Å²) in [5, 5.41) is 0. The third kappa shape index (κ3) is 9.03. The molecule has 1 rings (SSSR count). The van der Waals surface area contributed by atoms with E-state index in [-0.39, 0.29) is 6.61 Å². The Kier molecular flexibility index (Phi) is 10.1. The molecule has 0 amide bonds. The third-order valence-electron chi connectivity index (χ3n) is 2.24. The number of carbonyl (C=O) groups excluding carboxylic acids is 1. The van der Waals surface area contributed by atoms with Crippen molar-refractivity contribution in [2.75, 3.05) is 46.2 Å². The Labute approximate surface area is 127 Å². The molecule has 0 aliphatic carbocycles. The molecule has 0 unspecified atom stereocenters. The molecule has 1 aromatic rings. The molecule has 0 aromatic heterocycles. The van der Waals surface area contributed by atoms with Gasteiger partial charge in [-0.15, -0.1) is 0 Å². The maximum Gasteiger partial charge on any atom is 0.145 e. The SMILES string of the molecule is O=CCOCCOCCOCCOc1ccc(Br)cc1. The Bertz CT molecular complexity index is 355. The van der Waals surface area contributed by atoms with Crippen molar-refractivity contribution in [2.24, 2.45) is 0 Å². The van der Waals surface area contributed by atoms with Crippen LogP contribution in [0.25, 0.3) is 0 Å². The van der Waals surface area contributed by atoms with E-state index in [2.05, 4.69) is 15.9 Å². The molecule has 0 aliphatic heterocycles. The molecule has 0 heterocycles. The summed E-state index contributed by atoms with van der Waals surface area (Å²) in [4.78, 5) is 9.96. The monoisotopic (exact) mass is 346 g/mol. The largest absolute Gasteiger partial charge is 0.491 e. The zero-order chi connectivity index (χ0) is 14.5. The highest BCUT2D eigenvalue weighted by Gasteiger charge is 1.94. The first-order valence-corrected chi connectivity index (χ1v) is 7.17. The van der Waals surface area contributed by atoms with Gasteiger partial charge >= 0.3 is 0 Å². The van der Waals surface area contributed by atoms with Crippen LogP contribution in [0.4, 0.5) is 0 Å². The molecule has 0 N–H and O–H groups in total. The van der Waals surface area contributed by atoms with Gasteiger partial charge in [-0.3, -0.25) is 0 Å². The number of aldehydes is 1. The van der Waals surface area contributed by atoms with E-state index >= 15 is 0 Å². The van der Waals surface area contributed by atoms with Gasteiger partial charge in [0.05, 0.1) is 33.0 Å². The van der Waals surface area contributed by atoms with Crippen LogP contribution in [0.1, 0.15) is 0 Å². The normalized spacial score (nSPS) is 10.4. The van der Waals surface area contributed by atoms with Gasteiger partial charge in [0.1, 0.15) is 25.2 Å². The number of benzene rings is 1. The lowest BCUT2D eigenvalue weighted by atomic mass is 10.3. The Morgan fingerprint density at radius 2 is 1.40 bits per heavy atom. The predicted molar refractivity (Wildman–Crippen MR) is 78.2 cm³/mol. The van der Waals surface area contributed by atoms with E-state index in [0.29, 0.717) is 45.9 Å². The van der Waals surface area contributed by atoms with Crippen LogP contribution in [0, 0.1) is 0 Å². The zero-order valence-electron chi connectivity index (χ0n) is 11.3. The third-order valence-corrected chi connectivity index (χ3v) is 2.77. The molecule has 0 fully saturated rings. The van der Waals surface area contributed by atoms with Crippen LogP contribution in [0.2, 0.25) is 0 Å². The Balaban J connectivity index is 1.85. The van der Waals surface area contributed by atoms with Gasteiger partial charge in [0, 0.05) is 4.47 Å². The van der Waals surface area contributed by atoms with E-state index in [0.717, 1.165) is 10.2 Å². The quantitative estimate of drug-likeness (QED) is 0.428. The van der Waals surface area contributed by atoms with Crippen molar-refractivity contribution in [3.8, 4) is 5.75 Å². The topological polar surface area (TPSA) is 54.0 Å². The van der Waals surface area contributed by atoms with Gasteiger partial charge in [-0.1, -0.05) is 15.9 Å². The standard InChI is InChI=1S/C14H19BrO5/c15-13-1-3-14(4-2-13)20-12-11-19-10-9-18-8-7-17-6-5-16/h1-5H,6-12H2. The highest BCUT2D eigenvalue weighted by molar-refractivity contribution is 9.10. The summed E-state index contributed by atoms with van der Waals surface area (Å²) in [5.74, 6) is 0.820. The molecule has 0 bridgehead atoms. The number of hydrogen-bond acceptors (Lipinski definition) is 5. The number of hydrogen-bond donors (Lipinski definition) is 0. The van der Waals surface area contributed by atoms with Crippen molar-refractivity contribution < 1.29 is 23.7 Å². The maximum absolute atomic E-state index is 9.96.